The smallest absolute Gasteiger partial charge is 0.164 e. The maximum absolute atomic E-state index is 5.92. The van der Waals surface area contributed by atoms with E-state index >= 15 is 0 Å². The summed E-state index contributed by atoms with van der Waals surface area (Å²) in [6, 6.07) is 7.86. The Morgan fingerprint density at radius 1 is 1.22 bits per heavy atom. The zero-order chi connectivity index (χ0) is 12.7. The first-order valence-electron chi connectivity index (χ1n) is 5.21. The standard InChI is InChI=1S/C12H8BrClN4/c13-9-3-1-2-8-7(9)4-5-16-12(8)18-6-10(14)11(15)17-18/h1-6H,(H2,15,17). The van der Waals surface area contributed by atoms with E-state index in [0.29, 0.717) is 16.7 Å². The van der Waals surface area contributed by atoms with Crippen LogP contribution < -0.4 is 5.73 Å². The molecule has 18 heavy (non-hydrogen) atoms. The minimum atomic E-state index is 0.297. The Morgan fingerprint density at radius 2 is 2.06 bits per heavy atom. The summed E-state index contributed by atoms with van der Waals surface area (Å²) in [6.07, 6.45) is 3.38. The molecule has 2 N–H and O–H groups in total. The van der Waals surface area contributed by atoms with Crippen molar-refractivity contribution in [1.29, 1.82) is 0 Å². The molecule has 0 radical (unpaired) electrons. The molecule has 0 fully saturated rings. The summed E-state index contributed by atoms with van der Waals surface area (Å²) in [4.78, 5) is 4.34. The van der Waals surface area contributed by atoms with Crippen LogP contribution in [0.2, 0.25) is 5.02 Å². The Bertz CT molecular complexity index is 719. The lowest BCUT2D eigenvalue weighted by Crippen LogP contribution is -2.00. The third-order valence-corrected chi connectivity index (χ3v) is 3.63. The largest absolute Gasteiger partial charge is 0.381 e. The predicted octanol–water partition coefficient (Wildman–Crippen LogP) is 3.42. The molecule has 0 spiro atoms. The number of anilines is 1. The van der Waals surface area contributed by atoms with Crippen LogP contribution >= 0.6 is 27.5 Å². The number of nitrogen functional groups attached to an aromatic ring is 1. The Hall–Kier alpha value is -1.59. The second kappa shape index (κ2) is 4.26. The van der Waals surface area contributed by atoms with Crippen LogP contribution in [0.3, 0.4) is 0 Å². The molecule has 0 aliphatic heterocycles. The molecule has 3 aromatic rings. The number of aromatic nitrogens is 3. The first-order chi connectivity index (χ1) is 8.66. The summed E-state index contributed by atoms with van der Waals surface area (Å²) in [5, 5.41) is 6.61. The number of hydrogen-bond acceptors (Lipinski definition) is 3. The first kappa shape index (κ1) is 11.5. The zero-order valence-electron chi connectivity index (χ0n) is 9.14. The third-order valence-electron chi connectivity index (χ3n) is 2.64. The van der Waals surface area contributed by atoms with Crippen LogP contribution in [-0.2, 0) is 0 Å². The topological polar surface area (TPSA) is 56.7 Å². The van der Waals surface area contributed by atoms with E-state index in [1.807, 2.05) is 24.3 Å². The van der Waals surface area contributed by atoms with Gasteiger partial charge in [-0.25, -0.2) is 9.67 Å². The summed E-state index contributed by atoms with van der Waals surface area (Å²) in [7, 11) is 0. The highest BCUT2D eigenvalue weighted by atomic mass is 79.9. The van der Waals surface area contributed by atoms with Gasteiger partial charge in [0, 0.05) is 21.4 Å². The minimum absolute atomic E-state index is 0.297. The molecule has 90 valence electrons. The van der Waals surface area contributed by atoms with Crippen molar-refractivity contribution in [3.63, 3.8) is 0 Å². The number of nitrogens with zero attached hydrogens (tertiary/aromatic N) is 3. The quantitative estimate of drug-likeness (QED) is 0.746. The molecule has 0 aliphatic carbocycles. The van der Waals surface area contributed by atoms with Gasteiger partial charge in [0.05, 0.1) is 6.20 Å². The molecule has 3 rings (SSSR count). The van der Waals surface area contributed by atoms with Gasteiger partial charge < -0.3 is 5.73 Å². The van der Waals surface area contributed by atoms with Crippen molar-refractivity contribution < 1.29 is 0 Å². The minimum Gasteiger partial charge on any atom is -0.381 e. The highest BCUT2D eigenvalue weighted by Crippen LogP contribution is 2.28. The van der Waals surface area contributed by atoms with Crippen LogP contribution in [0.1, 0.15) is 0 Å². The fourth-order valence-electron chi connectivity index (χ4n) is 1.81. The van der Waals surface area contributed by atoms with Crippen LogP contribution in [0.25, 0.3) is 16.6 Å². The fraction of sp³-hybridized carbons (Fsp3) is 0. The Kier molecular flexibility index (Phi) is 2.72. The van der Waals surface area contributed by atoms with Crippen molar-refractivity contribution in [2.24, 2.45) is 0 Å². The molecule has 0 saturated heterocycles. The fourth-order valence-corrected chi connectivity index (χ4v) is 2.44. The van der Waals surface area contributed by atoms with Crippen LogP contribution in [0.15, 0.2) is 41.1 Å². The van der Waals surface area contributed by atoms with Gasteiger partial charge in [-0.3, -0.25) is 0 Å². The van der Waals surface area contributed by atoms with E-state index < -0.39 is 0 Å². The van der Waals surface area contributed by atoms with Crippen molar-refractivity contribution in [3.05, 3.63) is 46.2 Å². The van der Waals surface area contributed by atoms with Crippen molar-refractivity contribution in [3.8, 4) is 5.82 Å². The summed E-state index contributed by atoms with van der Waals surface area (Å²) in [5.41, 5.74) is 5.65. The number of pyridine rings is 1. The van der Waals surface area contributed by atoms with E-state index in [4.69, 9.17) is 17.3 Å². The third kappa shape index (κ3) is 1.76. The van der Waals surface area contributed by atoms with Gasteiger partial charge in [0.25, 0.3) is 0 Å². The molecule has 6 heteroatoms. The van der Waals surface area contributed by atoms with Gasteiger partial charge in [-0.1, -0.05) is 39.7 Å². The molecule has 4 nitrogen and oxygen atoms in total. The molecular weight excluding hydrogens is 316 g/mol. The van der Waals surface area contributed by atoms with Crippen LogP contribution in [0, 0.1) is 0 Å². The number of halogens is 2. The number of benzene rings is 1. The molecular formula is C12H8BrClN4. The monoisotopic (exact) mass is 322 g/mol. The number of fused-ring (bicyclic) bond motifs is 1. The maximum Gasteiger partial charge on any atom is 0.164 e. The van der Waals surface area contributed by atoms with E-state index in [0.717, 1.165) is 15.2 Å². The summed E-state index contributed by atoms with van der Waals surface area (Å²) < 4.78 is 2.60. The van der Waals surface area contributed by atoms with E-state index in [9.17, 15) is 0 Å². The summed E-state index contributed by atoms with van der Waals surface area (Å²) in [5.74, 6) is 0.998. The van der Waals surface area contributed by atoms with Gasteiger partial charge in [0.1, 0.15) is 5.02 Å². The molecule has 0 amide bonds. The average Bonchev–Trinajstić information content (AvgIpc) is 2.69. The molecule has 0 atom stereocenters. The molecule has 2 aromatic heterocycles. The Morgan fingerprint density at radius 3 is 2.78 bits per heavy atom. The lowest BCUT2D eigenvalue weighted by Gasteiger charge is -2.06. The van der Waals surface area contributed by atoms with Crippen LogP contribution in [0.5, 0.6) is 0 Å². The van der Waals surface area contributed by atoms with Gasteiger partial charge in [-0.2, -0.15) is 0 Å². The van der Waals surface area contributed by atoms with E-state index in [-0.39, 0.29) is 0 Å². The summed E-state index contributed by atoms with van der Waals surface area (Å²) >= 11 is 9.43. The molecule has 0 unspecified atom stereocenters. The normalized spacial score (nSPS) is 11.0. The van der Waals surface area contributed by atoms with Crippen LogP contribution in [-0.4, -0.2) is 14.8 Å². The lowest BCUT2D eigenvalue weighted by molar-refractivity contribution is 0.861. The molecule has 0 saturated carbocycles. The maximum atomic E-state index is 5.92. The van der Waals surface area contributed by atoms with E-state index in [2.05, 4.69) is 26.0 Å². The van der Waals surface area contributed by atoms with Gasteiger partial charge in [0.2, 0.25) is 0 Å². The van der Waals surface area contributed by atoms with Crippen LogP contribution in [0.4, 0.5) is 5.82 Å². The summed E-state index contributed by atoms with van der Waals surface area (Å²) in [6.45, 7) is 0. The molecule has 1 aromatic carbocycles. The lowest BCUT2D eigenvalue weighted by atomic mass is 10.1. The second-order valence-corrected chi connectivity index (χ2v) is 5.04. The Balaban J connectivity index is 2.32. The van der Waals surface area contributed by atoms with E-state index in [1.165, 1.54) is 0 Å². The van der Waals surface area contributed by atoms with Gasteiger partial charge >= 0.3 is 0 Å². The van der Waals surface area contributed by atoms with Crippen molar-refractivity contribution in [1.82, 2.24) is 14.8 Å². The van der Waals surface area contributed by atoms with Gasteiger partial charge in [-0.15, -0.1) is 5.10 Å². The number of nitrogens with two attached hydrogens (primary N) is 1. The SMILES string of the molecule is Nc1nn(-c2nccc3c(Br)cccc23)cc1Cl. The highest BCUT2D eigenvalue weighted by molar-refractivity contribution is 9.10. The molecule has 0 aliphatic rings. The zero-order valence-corrected chi connectivity index (χ0v) is 11.5. The number of rotatable bonds is 1. The van der Waals surface area contributed by atoms with Gasteiger partial charge in [-0.05, 0) is 12.1 Å². The Labute approximate surface area is 117 Å². The van der Waals surface area contributed by atoms with E-state index in [1.54, 1.807) is 17.1 Å². The van der Waals surface area contributed by atoms with Crippen molar-refractivity contribution in [2.45, 2.75) is 0 Å². The molecule has 2 heterocycles. The predicted molar refractivity (Wildman–Crippen MR) is 76.0 cm³/mol. The first-order valence-corrected chi connectivity index (χ1v) is 6.38. The van der Waals surface area contributed by atoms with Crippen molar-refractivity contribution in [2.75, 3.05) is 5.73 Å². The second-order valence-electron chi connectivity index (χ2n) is 3.78. The van der Waals surface area contributed by atoms with Crippen molar-refractivity contribution >= 4 is 44.1 Å². The van der Waals surface area contributed by atoms with Gasteiger partial charge in [0.15, 0.2) is 11.6 Å². The highest BCUT2D eigenvalue weighted by Gasteiger charge is 2.10. The average molecular weight is 324 g/mol. The number of hydrogen-bond donors (Lipinski definition) is 1. The molecule has 0 bridgehead atoms.